The molecule has 0 spiro atoms. The fourth-order valence-corrected chi connectivity index (χ4v) is 1.80. The average Bonchev–Trinajstić information content (AvgIpc) is 2.29. The number of thioether (sulfide) groups is 1. The molecule has 0 aromatic heterocycles. The van der Waals surface area contributed by atoms with Crippen LogP contribution >= 0.6 is 11.8 Å². The maximum atomic E-state index is 13.5. The van der Waals surface area contributed by atoms with Gasteiger partial charge in [0, 0.05) is 0 Å². The van der Waals surface area contributed by atoms with Gasteiger partial charge in [-0.15, -0.1) is 0 Å². The van der Waals surface area contributed by atoms with Gasteiger partial charge < -0.3 is 10.1 Å². The van der Waals surface area contributed by atoms with Gasteiger partial charge in [0.25, 0.3) is 0 Å². The van der Waals surface area contributed by atoms with Crippen LogP contribution in [0.2, 0.25) is 0 Å². The molecule has 3 nitrogen and oxygen atoms in total. The fourth-order valence-electron chi connectivity index (χ4n) is 1.45. The molecule has 0 heterocycles. The number of carbonyl (C=O) groups excluding carboxylic acids is 1. The SMILES string of the molecule is COc1ccc(C(C)NC(=O)CSC)cc1F. The maximum absolute atomic E-state index is 13.5. The number of carbonyl (C=O) groups is 1. The van der Waals surface area contributed by atoms with Crippen LogP contribution in [0.5, 0.6) is 5.75 Å². The molecule has 17 heavy (non-hydrogen) atoms. The minimum absolute atomic E-state index is 0.0544. The van der Waals surface area contributed by atoms with Crippen LogP contribution in [0.1, 0.15) is 18.5 Å². The Labute approximate surface area is 105 Å². The van der Waals surface area contributed by atoms with E-state index < -0.39 is 5.82 Å². The Morgan fingerprint density at radius 3 is 2.82 bits per heavy atom. The lowest BCUT2D eigenvalue weighted by molar-refractivity contribution is -0.119. The number of halogens is 1. The summed E-state index contributed by atoms with van der Waals surface area (Å²) in [6, 6.07) is 4.46. The third-order valence-corrected chi connectivity index (χ3v) is 2.88. The summed E-state index contributed by atoms with van der Waals surface area (Å²) in [5, 5.41) is 2.79. The van der Waals surface area contributed by atoms with Crippen molar-refractivity contribution in [3.8, 4) is 5.75 Å². The molecule has 0 radical (unpaired) electrons. The van der Waals surface area contributed by atoms with E-state index in [1.54, 1.807) is 12.1 Å². The molecule has 1 amide bonds. The first-order valence-electron chi connectivity index (χ1n) is 5.20. The van der Waals surface area contributed by atoms with Gasteiger partial charge in [0.05, 0.1) is 18.9 Å². The van der Waals surface area contributed by atoms with E-state index in [0.717, 1.165) is 5.56 Å². The molecule has 1 rings (SSSR count). The normalized spacial score (nSPS) is 12.0. The Hall–Kier alpha value is -1.23. The highest BCUT2D eigenvalue weighted by molar-refractivity contribution is 7.99. The second kappa shape index (κ2) is 6.49. The van der Waals surface area contributed by atoms with Crippen LogP contribution in [0, 0.1) is 5.82 Å². The quantitative estimate of drug-likeness (QED) is 0.880. The molecule has 1 aromatic carbocycles. The number of ether oxygens (including phenoxy) is 1. The Kier molecular flexibility index (Phi) is 5.28. The lowest BCUT2D eigenvalue weighted by atomic mass is 10.1. The third kappa shape index (κ3) is 3.93. The smallest absolute Gasteiger partial charge is 0.230 e. The number of benzene rings is 1. The van der Waals surface area contributed by atoms with Crippen molar-refractivity contribution in [2.24, 2.45) is 0 Å². The standard InChI is InChI=1S/C12H16FNO2S/c1-8(14-12(15)7-17-3)9-4-5-11(16-2)10(13)6-9/h4-6,8H,7H2,1-3H3,(H,14,15). The van der Waals surface area contributed by atoms with Crippen LogP contribution in [-0.4, -0.2) is 25.0 Å². The van der Waals surface area contributed by atoms with Gasteiger partial charge in [0.15, 0.2) is 11.6 Å². The molecule has 0 aliphatic heterocycles. The molecule has 1 aromatic rings. The predicted molar refractivity (Wildman–Crippen MR) is 67.9 cm³/mol. The van der Waals surface area contributed by atoms with Crippen LogP contribution in [0.4, 0.5) is 4.39 Å². The zero-order chi connectivity index (χ0) is 12.8. The minimum Gasteiger partial charge on any atom is -0.494 e. The summed E-state index contributed by atoms with van der Waals surface area (Å²) in [6.07, 6.45) is 1.86. The largest absolute Gasteiger partial charge is 0.494 e. The van der Waals surface area contributed by atoms with Crippen molar-refractivity contribution in [1.82, 2.24) is 5.32 Å². The molecule has 0 aliphatic carbocycles. The molecule has 0 saturated carbocycles. The van der Waals surface area contributed by atoms with E-state index in [1.165, 1.54) is 24.9 Å². The molecule has 0 aliphatic rings. The van der Waals surface area contributed by atoms with Gasteiger partial charge in [-0.1, -0.05) is 6.07 Å². The Bertz CT molecular complexity index is 398. The van der Waals surface area contributed by atoms with E-state index >= 15 is 0 Å². The van der Waals surface area contributed by atoms with Crippen LogP contribution < -0.4 is 10.1 Å². The first kappa shape index (κ1) is 13.8. The summed E-state index contributed by atoms with van der Waals surface area (Å²) in [7, 11) is 1.42. The van der Waals surface area contributed by atoms with Crippen molar-refractivity contribution in [3.05, 3.63) is 29.6 Å². The average molecular weight is 257 g/mol. The van der Waals surface area contributed by atoms with Crippen molar-refractivity contribution in [2.45, 2.75) is 13.0 Å². The molecule has 94 valence electrons. The maximum Gasteiger partial charge on any atom is 0.230 e. The van der Waals surface area contributed by atoms with Crippen LogP contribution in [0.15, 0.2) is 18.2 Å². The van der Waals surface area contributed by atoms with E-state index in [9.17, 15) is 9.18 Å². The topological polar surface area (TPSA) is 38.3 Å². The van der Waals surface area contributed by atoms with E-state index in [1.807, 2.05) is 13.2 Å². The summed E-state index contributed by atoms with van der Waals surface area (Å²) in [5.41, 5.74) is 0.720. The van der Waals surface area contributed by atoms with Crippen molar-refractivity contribution >= 4 is 17.7 Å². The Morgan fingerprint density at radius 2 is 2.29 bits per heavy atom. The van der Waals surface area contributed by atoms with Gasteiger partial charge in [-0.3, -0.25) is 4.79 Å². The van der Waals surface area contributed by atoms with Crippen molar-refractivity contribution in [3.63, 3.8) is 0 Å². The van der Waals surface area contributed by atoms with Gasteiger partial charge in [-0.2, -0.15) is 11.8 Å². The van der Waals surface area contributed by atoms with Crippen LogP contribution in [0.25, 0.3) is 0 Å². The van der Waals surface area contributed by atoms with Gasteiger partial charge in [0.2, 0.25) is 5.91 Å². The number of hydrogen-bond acceptors (Lipinski definition) is 3. The van der Waals surface area contributed by atoms with Crippen molar-refractivity contribution in [1.29, 1.82) is 0 Å². The third-order valence-electron chi connectivity index (χ3n) is 2.33. The van der Waals surface area contributed by atoms with E-state index in [2.05, 4.69) is 5.32 Å². The second-order valence-electron chi connectivity index (χ2n) is 3.62. The highest BCUT2D eigenvalue weighted by Crippen LogP contribution is 2.21. The van der Waals surface area contributed by atoms with Crippen LogP contribution in [0.3, 0.4) is 0 Å². The fraction of sp³-hybridized carbons (Fsp3) is 0.417. The summed E-state index contributed by atoms with van der Waals surface area (Å²) in [5.74, 6) is 0.136. The number of methoxy groups -OCH3 is 1. The highest BCUT2D eigenvalue weighted by atomic mass is 32.2. The molecule has 5 heteroatoms. The molecule has 0 bridgehead atoms. The van der Waals surface area contributed by atoms with Crippen molar-refractivity contribution in [2.75, 3.05) is 19.1 Å². The lowest BCUT2D eigenvalue weighted by Crippen LogP contribution is -2.28. The zero-order valence-corrected chi connectivity index (χ0v) is 10.9. The lowest BCUT2D eigenvalue weighted by Gasteiger charge is -2.14. The summed E-state index contributed by atoms with van der Waals surface area (Å²) < 4.78 is 18.3. The Morgan fingerprint density at radius 1 is 1.59 bits per heavy atom. The van der Waals surface area contributed by atoms with E-state index in [-0.39, 0.29) is 17.7 Å². The van der Waals surface area contributed by atoms with Gasteiger partial charge in [0.1, 0.15) is 0 Å². The van der Waals surface area contributed by atoms with E-state index in [4.69, 9.17) is 4.74 Å². The molecule has 0 saturated heterocycles. The van der Waals surface area contributed by atoms with Crippen LogP contribution in [-0.2, 0) is 4.79 Å². The summed E-state index contributed by atoms with van der Waals surface area (Å²) in [4.78, 5) is 11.4. The first-order chi connectivity index (χ1) is 8.08. The first-order valence-corrected chi connectivity index (χ1v) is 6.59. The molecule has 1 atom stereocenters. The summed E-state index contributed by atoms with van der Waals surface area (Å²) >= 11 is 1.45. The number of hydrogen-bond donors (Lipinski definition) is 1. The molecular weight excluding hydrogens is 241 g/mol. The molecule has 0 fully saturated rings. The van der Waals surface area contributed by atoms with E-state index in [0.29, 0.717) is 5.75 Å². The van der Waals surface area contributed by atoms with Gasteiger partial charge in [-0.05, 0) is 30.9 Å². The highest BCUT2D eigenvalue weighted by Gasteiger charge is 2.11. The minimum atomic E-state index is -0.420. The summed E-state index contributed by atoms with van der Waals surface area (Å²) in [6.45, 7) is 1.82. The number of amides is 1. The Balaban J connectivity index is 2.72. The van der Waals surface area contributed by atoms with Gasteiger partial charge >= 0.3 is 0 Å². The molecule has 1 unspecified atom stereocenters. The molecular formula is C12H16FNO2S. The zero-order valence-electron chi connectivity index (χ0n) is 10.1. The number of rotatable bonds is 5. The van der Waals surface area contributed by atoms with Crippen molar-refractivity contribution < 1.29 is 13.9 Å². The predicted octanol–water partition coefficient (Wildman–Crippen LogP) is 2.37. The second-order valence-corrected chi connectivity index (χ2v) is 4.48. The monoisotopic (exact) mass is 257 g/mol. The molecule has 1 N–H and O–H groups in total. The number of nitrogens with one attached hydrogen (secondary N) is 1. The van der Waals surface area contributed by atoms with Gasteiger partial charge in [-0.25, -0.2) is 4.39 Å².